The monoisotopic (exact) mass is 358 g/mol. The van der Waals surface area contributed by atoms with Gasteiger partial charge in [0.25, 0.3) is 5.91 Å². The van der Waals surface area contributed by atoms with Gasteiger partial charge in [-0.25, -0.2) is 13.1 Å². The summed E-state index contributed by atoms with van der Waals surface area (Å²) >= 11 is 7.61. The lowest BCUT2D eigenvalue weighted by atomic mass is 10.2. The average molecular weight is 359 g/mol. The number of carbonyl (C=O) groups excluding carboxylic acids is 1. The maximum atomic E-state index is 12.2. The van der Waals surface area contributed by atoms with E-state index >= 15 is 0 Å². The molecule has 2 aromatic rings. The molecule has 5 nitrogen and oxygen atoms in total. The summed E-state index contributed by atoms with van der Waals surface area (Å²) < 4.78 is 25.7. The van der Waals surface area contributed by atoms with E-state index in [1.54, 1.807) is 11.3 Å². The van der Waals surface area contributed by atoms with Crippen LogP contribution in [0.2, 0.25) is 5.02 Å². The van der Waals surface area contributed by atoms with Crippen LogP contribution in [0.5, 0.6) is 0 Å². The highest BCUT2D eigenvalue weighted by Gasteiger charge is 2.17. The van der Waals surface area contributed by atoms with Crippen LogP contribution < -0.4 is 10.0 Å². The SMILES string of the molecule is CNS(=O)(=O)c1ccc(Cl)c(C(=O)NCCc2cccs2)c1. The van der Waals surface area contributed by atoms with Gasteiger partial charge in [-0.15, -0.1) is 11.3 Å². The number of thiophene rings is 1. The molecule has 22 heavy (non-hydrogen) atoms. The molecule has 118 valence electrons. The maximum Gasteiger partial charge on any atom is 0.252 e. The minimum absolute atomic E-state index is 0.00260. The molecular weight excluding hydrogens is 344 g/mol. The Balaban J connectivity index is 2.10. The summed E-state index contributed by atoms with van der Waals surface area (Å²) in [6.45, 7) is 0.457. The molecule has 1 aromatic heterocycles. The van der Waals surface area contributed by atoms with Crippen LogP contribution in [0.25, 0.3) is 0 Å². The first-order valence-corrected chi connectivity index (χ1v) is 9.22. The van der Waals surface area contributed by atoms with Crippen LogP contribution in [-0.2, 0) is 16.4 Å². The molecule has 0 saturated carbocycles. The number of halogens is 1. The third-order valence-electron chi connectivity index (χ3n) is 3.00. The number of benzene rings is 1. The van der Waals surface area contributed by atoms with E-state index in [-0.39, 0.29) is 15.5 Å². The molecule has 2 N–H and O–H groups in total. The van der Waals surface area contributed by atoms with Gasteiger partial charge in [0.2, 0.25) is 10.0 Å². The predicted octanol–water partition coefficient (Wildman–Crippen LogP) is 2.28. The van der Waals surface area contributed by atoms with Crippen molar-refractivity contribution in [3.05, 3.63) is 51.2 Å². The standard InChI is InChI=1S/C14H15ClN2O3S2/c1-16-22(19,20)11-4-5-13(15)12(9-11)14(18)17-7-6-10-3-2-8-21-10/h2-5,8-9,16H,6-7H2,1H3,(H,17,18). The van der Waals surface area contributed by atoms with Crippen LogP contribution >= 0.6 is 22.9 Å². The number of sulfonamides is 1. The van der Waals surface area contributed by atoms with Gasteiger partial charge in [-0.3, -0.25) is 4.79 Å². The van der Waals surface area contributed by atoms with Crippen molar-refractivity contribution >= 4 is 38.9 Å². The normalized spacial score (nSPS) is 11.4. The van der Waals surface area contributed by atoms with Gasteiger partial charge in [0.05, 0.1) is 15.5 Å². The van der Waals surface area contributed by atoms with Crippen LogP contribution in [0.1, 0.15) is 15.2 Å². The number of amides is 1. The molecule has 0 radical (unpaired) electrons. The van der Waals surface area contributed by atoms with Gasteiger partial charge >= 0.3 is 0 Å². The van der Waals surface area contributed by atoms with Crippen LogP contribution in [0.3, 0.4) is 0 Å². The molecule has 0 spiro atoms. The Morgan fingerprint density at radius 2 is 2.09 bits per heavy atom. The summed E-state index contributed by atoms with van der Waals surface area (Å²) in [5.74, 6) is -0.394. The first kappa shape index (κ1) is 17.0. The lowest BCUT2D eigenvalue weighted by Crippen LogP contribution is -2.26. The average Bonchev–Trinajstić information content (AvgIpc) is 3.00. The fourth-order valence-electron chi connectivity index (χ4n) is 1.81. The molecule has 0 bridgehead atoms. The first-order valence-electron chi connectivity index (χ1n) is 6.47. The van der Waals surface area contributed by atoms with Crippen molar-refractivity contribution in [2.45, 2.75) is 11.3 Å². The second-order valence-electron chi connectivity index (χ2n) is 4.43. The zero-order valence-corrected chi connectivity index (χ0v) is 14.2. The van der Waals surface area contributed by atoms with Gasteiger partial charge in [-0.2, -0.15) is 0 Å². The number of hydrogen-bond donors (Lipinski definition) is 2. The van der Waals surface area contributed by atoms with Gasteiger partial charge < -0.3 is 5.32 Å². The van der Waals surface area contributed by atoms with Crippen molar-refractivity contribution in [1.82, 2.24) is 10.0 Å². The van der Waals surface area contributed by atoms with Crippen molar-refractivity contribution in [2.75, 3.05) is 13.6 Å². The Kier molecular flexibility index (Phi) is 5.57. The highest BCUT2D eigenvalue weighted by molar-refractivity contribution is 7.89. The molecule has 1 amide bonds. The molecule has 0 aliphatic carbocycles. The molecule has 1 aromatic carbocycles. The number of carbonyl (C=O) groups is 1. The van der Waals surface area contributed by atoms with E-state index in [9.17, 15) is 13.2 Å². The van der Waals surface area contributed by atoms with Crippen molar-refractivity contribution in [2.24, 2.45) is 0 Å². The molecule has 0 aliphatic rings. The molecule has 0 fully saturated rings. The highest BCUT2D eigenvalue weighted by atomic mass is 35.5. The van der Waals surface area contributed by atoms with E-state index in [1.807, 2.05) is 17.5 Å². The Morgan fingerprint density at radius 1 is 1.32 bits per heavy atom. The zero-order chi connectivity index (χ0) is 16.2. The minimum Gasteiger partial charge on any atom is -0.352 e. The Morgan fingerprint density at radius 3 is 2.73 bits per heavy atom. The summed E-state index contributed by atoms with van der Waals surface area (Å²) in [5, 5.41) is 4.93. The van der Waals surface area contributed by atoms with Crippen LogP contribution in [-0.4, -0.2) is 27.9 Å². The molecule has 1 heterocycles. The van der Waals surface area contributed by atoms with Crippen molar-refractivity contribution in [3.8, 4) is 0 Å². The number of rotatable bonds is 6. The zero-order valence-electron chi connectivity index (χ0n) is 11.8. The molecule has 8 heteroatoms. The Bertz CT molecular complexity index is 758. The van der Waals surface area contributed by atoms with Gasteiger partial charge in [-0.05, 0) is 43.1 Å². The van der Waals surface area contributed by atoms with Crippen molar-refractivity contribution < 1.29 is 13.2 Å². The highest BCUT2D eigenvalue weighted by Crippen LogP contribution is 2.20. The van der Waals surface area contributed by atoms with E-state index in [1.165, 1.54) is 25.2 Å². The van der Waals surface area contributed by atoms with Gasteiger partial charge in [0.1, 0.15) is 0 Å². The molecule has 2 rings (SSSR count). The number of hydrogen-bond acceptors (Lipinski definition) is 4. The minimum atomic E-state index is -3.61. The van der Waals surface area contributed by atoms with Crippen LogP contribution in [0.4, 0.5) is 0 Å². The fraction of sp³-hybridized carbons (Fsp3) is 0.214. The third-order valence-corrected chi connectivity index (χ3v) is 5.68. The van der Waals surface area contributed by atoms with Crippen LogP contribution in [0.15, 0.2) is 40.6 Å². The van der Waals surface area contributed by atoms with Crippen LogP contribution in [0, 0.1) is 0 Å². The van der Waals surface area contributed by atoms with Gasteiger partial charge in [0.15, 0.2) is 0 Å². The quantitative estimate of drug-likeness (QED) is 0.831. The van der Waals surface area contributed by atoms with E-state index in [0.29, 0.717) is 6.54 Å². The predicted molar refractivity (Wildman–Crippen MR) is 88.1 cm³/mol. The summed E-state index contributed by atoms with van der Waals surface area (Å²) in [5.41, 5.74) is 0.143. The van der Waals surface area contributed by atoms with Gasteiger partial charge in [-0.1, -0.05) is 17.7 Å². The first-order chi connectivity index (χ1) is 10.4. The lowest BCUT2D eigenvalue weighted by molar-refractivity contribution is 0.0954. The smallest absolute Gasteiger partial charge is 0.252 e. The molecule has 0 unspecified atom stereocenters. The summed E-state index contributed by atoms with van der Waals surface area (Å²) in [6.07, 6.45) is 0.718. The molecule has 0 atom stereocenters. The third kappa shape index (κ3) is 4.07. The van der Waals surface area contributed by atoms with E-state index in [0.717, 1.165) is 11.3 Å². The summed E-state index contributed by atoms with van der Waals surface area (Å²) in [6, 6.07) is 7.97. The maximum absolute atomic E-state index is 12.2. The Hall–Kier alpha value is -1.41. The van der Waals surface area contributed by atoms with Gasteiger partial charge in [0, 0.05) is 11.4 Å². The largest absolute Gasteiger partial charge is 0.352 e. The summed E-state index contributed by atoms with van der Waals surface area (Å²) in [7, 11) is -2.30. The van der Waals surface area contributed by atoms with E-state index < -0.39 is 15.9 Å². The second-order valence-corrected chi connectivity index (χ2v) is 7.76. The van der Waals surface area contributed by atoms with E-state index in [4.69, 9.17) is 11.6 Å². The lowest BCUT2D eigenvalue weighted by Gasteiger charge is -2.09. The molecule has 0 aliphatic heterocycles. The molecule has 0 saturated heterocycles. The van der Waals surface area contributed by atoms with Crippen molar-refractivity contribution in [3.63, 3.8) is 0 Å². The summed E-state index contributed by atoms with van der Waals surface area (Å²) in [4.78, 5) is 13.3. The van der Waals surface area contributed by atoms with Crippen molar-refractivity contribution in [1.29, 1.82) is 0 Å². The molecular formula is C14H15ClN2O3S2. The fourth-order valence-corrected chi connectivity index (χ4v) is 3.48. The number of nitrogens with one attached hydrogen (secondary N) is 2. The second kappa shape index (κ2) is 7.23. The van der Waals surface area contributed by atoms with E-state index in [2.05, 4.69) is 10.0 Å². The Labute approximate surface area is 138 Å². The topological polar surface area (TPSA) is 75.3 Å².